The number of hydrogen-bond donors (Lipinski definition) is 0. The van der Waals surface area contributed by atoms with Gasteiger partial charge < -0.3 is 4.90 Å². The second-order valence-electron chi connectivity index (χ2n) is 5.82. The van der Waals surface area contributed by atoms with Gasteiger partial charge in [0.1, 0.15) is 5.71 Å². The van der Waals surface area contributed by atoms with Gasteiger partial charge in [0.2, 0.25) is 0 Å². The number of amides is 1. The molecule has 6 heteroatoms. The number of carbonyl (C=O) groups is 1. The summed E-state index contributed by atoms with van der Waals surface area (Å²) in [6, 6.07) is 18.2. The van der Waals surface area contributed by atoms with Crippen LogP contribution in [0.3, 0.4) is 0 Å². The van der Waals surface area contributed by atoms with E-state index in [1.165, 1.54) is 0 Å². The van der Waals surface area contributed by atoms with E-state index in [2.05, 4.69) is 9.98 Å². The summed E-state index contributed by atoms with van der Waals surface area (Å²) >= 11 is 12.1. The number of para-hydroxylation sites is 1. The van der Waals surface area contributed by atoms with E-state index in [1.54, 1.807) is 29.3 Å². The molecule has 128 valence electrons. The Kier molecular flexibility index (Phi) is 4.45. The third kappa shape index (κ3) is 3.21. The summed E-state index contributed by atoms with van der Waals surface area (Å²) < 4.78 is 0. The van der Waals surface area contributed by atoms with E-state index in [1.807, 2.05) is 42.5 Å². The lowest BCUT2D eigenvalue weighted by atomic mass is 10.1. The van der Waals surface area contributed by atoms with Crippen LogP contribution in [0.2, 0.25) is 10.0 Å². The Bertz CT molecular complexity index is 998. The summed E-state index contributed by atoms with van der Waals surface area (Å²) in [5, 5.41) is 0.946. The number of aromatic nitrogens is 1. The van der Waals surface area contributed by atoms with Crippen molar-refractivity contribution < 1.29 is 4.79 Å². The van der Waals surface area contributed by atoms with Gasteiger partial charge in [-0.15, -0.1) is 0 Å². The minimum absolute atomic E-state index is 0.173. The van der Waals surface area contributed by atoms with Crippen LogP contribution in [-0.4, -0.2) is 16.6 Å². The van der Waals surface area contributed by atoms with E-state index in [4.69, 9.17) is 23.2 Å². The van der Waals surface area contributed by atoms with E-state index in [0.29, 0.717) is 28.0 Å². The Hall–Kier alpha value is -2.69. The predicted octanol–water partition coefficient (Wildman–Crippen LogP) is 5.06. The third-order valence-electron chi connectivity index (χ3n) is 4.03. The number of aliphatic imine (C=N–C) groups is 1. The van der Waals surface area contributed by atoms with Crippen LogP contribution >= 0.6 is 23.2 Å². The Labute approximate surface area is 160 Å². The van der Waals surface area contributed by atoms with Crippen molar-refractivity contribution in [2.45, 2.75) is 6.54 Å². The first-order chi connectivity index (χ1) is 12.6. The van der Waals surface area contributed by atoms with Crippen LogP contribution in [0, 0.1) is 0 Å². The highest BCUT2D eigenvalue weighted by molar-refractivity contribution is 6.54. The topological polar surface area (TPSA) is 45.6 Å². The van der Waals surface area contributed by atoms with Crippen molar-refractivity contribution in [3.8, 4) is 0 Å². The number of pyridine rings is 1. The zero-order valence-corrected chi connectivity index (χ0v) is 15.1. The molecule has 0 spiro atoms. The third-order valence-corrected chi connectivity index (χ3v) is 4.47. The number of benzene rings is 2. The second kappa shape index (κ2) is 6.90. The lowest BCUT2D eigenvalue weighted by molar-refractivity contribution is -0.112. The van der Waals surface area contributed by atoms with Gasteiger partial charge in [-0.1, -0.05) is 47.5 Å². The van der Waals surface area contributed by atoms with E-state index in [9.17, 15) is 4.79 Å². The second-order valence-corrected chi connectivity index (χ2v) is 6.69. The molecule has 2 aromatic carbocycles. The van der Waals surface area contributed by atoms with Gasteiger partial charge in [0.25, 0.3) is 5.91 Å². The Balaban J connectivity index is 1.77. The molecule has 0 saturated carbocycles. The lowest BCUT2D eigenvalue weighted by Crippen LogP contribution is -2.29. The normalized spacial score (nSPS) is 14.8. The van der Waals surface area contributed by atoms with Gasteiger partial charge in [0.05, 0.1) is 23.6 Å². The Morgan fingerprint density at radius 2 is 1.69 bits per heavy atom. The fourth-order valence-electron chi connectivity index (χ4n) is 2.91. The maximum absolute atomic E-state index is 13.0. The average Bonchev–Trinajstić information content (AvgIpc) is 2.88. The highest BCUT2D eigenvalue weighted by Gasteiger charge is 2.33. The predicted molar refractivity (Wildman–Crippen MR) is 105 cm³/mol. The molecular weight excluding hydrogens is 369 g/mol. The molecule has 3 aromatic rings. The number of halogens is 2. The molecule has 0 bridgehead atoms. The molecule has 2 heterocycles. The van der Waals surface area contributed by atoms with Crippen molar-refractivity contribution in [2.75, 3.05) is 4.90 Å². The first kappa shape index (κ1) is 16.8. The van der Waals surface area contributed by atoms with Crippen molar-refractivity contribution >= 4 is 46.2 Å². The van der Waals surface area contributed by atoms with Crippen LogP contribution in [0.15, 0.2) is 71.9 Å². The highest BCUT2D eigenvalue weighted by atomic mass is 35.5. The summed E-state index contributed by atoms with van der Waals surface area (Å²) in [5.41, 5.74) is 3.32. The molecule has 0 fully saturated rings. The van der Waals surface area contributed by atoms with Crippen LogP contribution < -0.4 is 4.90 Å². The molecule has 26 heavy (non-hydrogen) atoms. The summed E-state index contributed by atoms with van der Waals surface area (Å²) in [7, 11) is 0. The van der Waals surface area contributed by atoms with Crippen LogP contribution in [-0.2, 0) is 11.3 Å². The summed E-state index contributed by atoms with van der Waals surface area (Å²) in [5.74, 6) is -0.173. The molecule has 1 aliphatic heterocycles. The smallest absolute Gasteiger partial charge is 0.277 e. The van der Waals surface area contributed by atoms with E-state index in [0.717, 1.165) is 16.9 Å². The number of carbonyl (C=O) groups excluding carboxylic acids is 1. The quantitative estimate of drug-likeness (QED) is 0.636. The molecule has 0 saturated heterocycles. The summed E-state index contributed by atoms with van der Waals surface area (Å²) in [4.78, 5) is 23.6. The van der Waals surface area contributed by atoms with Gasteiger partial charge in [-0.25, -0.2) is 4.99 Å². The zero-order chi connectivity index (χ0) is 18.1. The number of nitrogens with zero attached hydrogens (tertiary/aromatic N) is 3. The molecular formula is C20H13Cl2N3O. The Morgan fingerprint density at radius 1 is 0.962 bits per heavy atom. The Morgan fingerprint density at radius 3 is 2.42 bits per heavy atom. The average molecular weight is 382 g/mol. The maximum atomic E-state index is 13.0. The van der Waals surface area contributed by atoms with Crippen LogP contribution in [0.4, 0.5) is 11.4 Å². The van der Waals surface area contributed by atoms with Gasteiger partial charge in [-0.05, 0) is 36.4 Å². The molecule has 4 nitrogen and oxygen atoms in total. The number of fused-ring (bicyclic) bond motifs is 1. The van der Waals surface area contributed by atoms with Crippen molar-refractivity contribution in [3.05, 3.63) is 88.2 Å². The van der Waals surface area contributed by atoms with Crippen molar-refractivity contribution in [1.82, 2.24) is 4.98 Å². The van der Waals surface area contributed by atoms with Gasteiger partial charge in [-0.2, -0.15) is 0 Å². The summed E-state index contributed by atoms with van der Waals surface area (Å²) in [6.45, 7) is 0.381. The molecule has 0 aliphatic carbocycles. The van der Waals surface area contributed by atoms with E-state index < -0.39 is 0 Å². The standard InChI is InChI=1S/C20H13Cl2N3O/c21-13-9-14(22)11-16(10-13)24-19-17-6-1-2-7-18(17)25(20(19)26)12-15-5-3-4-8-23-15/h1-11H,12H2/b24-19-. The molecule has 1 aromatic heterocycles. The first-order valence-corrected chi connectivity index (χ1v) is 8.73. The monoisotopic (exact) mass is 381 g/mol. The van der Waals surface area contributed by atoms with Crippen LogP contribution in [0.1, 0.15) is 11.3 Å². The fourth-order valence-corrected chi connectivity index (χ4v) is 3.43. The molecule has 0 atom stereocenters. The molecule has 1 aliphatic rings. The SMILES string of the molecule is O=C1/C(=N\c2cc(Cl)cc(Cl)c2)c2ccccc2N1Cc1ccccn1. The molecule has 0 N–H and O–H groups in total. The van der Waals surface area contributed by atoms with Gasteiger partial charge in [-0.3, -0.25) is 9.78 Å². The highest BCUT2D eigenvalue weighted by Crippen LogP contribution is 2.33. The van der Waals surface area contributed by atoms with Crippen molar-refractivity contribution in [3.63, 3.8) is 0 Å². The fraction of sp³-hybridized carbons (Fsp3) is 0.0500. The van der Waals surface area contributed by atoms with Crippen LogP contribution in [0.25, 0.3) is 0 Å². The van der Waals surface area contributed by atoms with Crippen molar-refractivity contribution in [2.24, 2.45) is 4.99 Å². The lowest BCUT2D eigenvalue weighted by Gasteiger charge is -2.16. The van der Waals surface area contributed by atoms with Gasteiger partial charge in [0.15, 0.2) is 0 Å². The molecule has 0 unspecified atom stereocenters. The molecule has 4 rings (SSSR count). The summed E-state index contributed by atoms with van der Waals surface area (Å²) in [6.07, 6.45) is 1.71. The number of anilines is 1. The van der Waals surface area contributed by atoms with Crippen LogP contribution in [0.5, 0.6) is 0 Å². The minimum Gasteiger partial charge on any atom is -0.300 e. The van der Waals surface area contributed by atoms with Gasteiger partial charge >= 0.3 is 0 Å². The molecule has 1 amide bonds. The van der Waals surface area contributed by atoms with Crippen molar-refractivity contribution in [1.29, 1.82) is 0 Å². The van der Waals surface area contributed by atoms with Gasteiger partial charge in [0, 0.05) is 21.8 Å². The largest absolute Gasteiger partial charge is 0.300 e. The number of rotatable bonds is 3. The minimum atomic E-state index is -0.173. The van der Waals surface area contributed by atoms with E-state index in [-0.39, 0.29) is 5.91 Å². The maximum Gasteiger partial charge on any atom is 0.277 e. The van der Waals surface area contributed by atoms with E-state index >= 15 is 0 Å². The first-order valence-electron chi connectivity index (χ1n) is 7.98. The molecule has 0 radical (unpaired) electrons. The number of hydrogen-bond acceptors (Lipinski definition) is 3. The zero-order valence-electron chi connectivity index (χ0n) is 13.6.